The van der Waals surface area contributed by atoms with Crippen LogP contribution >= 0.6 is 22.6 Å². The summed E-state index contributed by atoms with van der Waals surface area (Å²) in [5.41, 5.74) is 2.49. The molecule has 136 valence electrons. The molecule has 26 heavy (non-hydrogen) atoms. The van der Waals surface area contributed by atoms with Crippen LogP contribution in [0.1, 0.15) is 29.8 Å². The van der Waals surface area contributed by atoms with Crippen LogP contribution in [0.2, 0.25) is 0 Å². The van der Waals surface area contributed by atoms with E-state index < -0.39 is 0 Å². The number of hydrogen-bond acceptors (Lipinski definition) is 4. The van der Waals surface area contributed by atoms with Gasteiger partial charge < -0.3 is 15.4 Å². The Morgan fingerprint density at radius 2 is 1.69 bits per heavy atom. The van der Waals surface area contributed by atoms with Crippen molar-refractivity contribution in [2.45, 2.75) is 20.8 Å². The Labute approximate surface area is 165 Å². The molecule has 0 atom stereocenters. The third kappa shape index (κ3) is 5.55. The molecule has 2 rings (SSSR count). The highest BCUT2D eigenvalue weighted by atomic mass is 127. The highest BCUT2D eigenvalue weighted by Crippen LogP contribution is 2.26. The first-order valence-electron chi connectivity index (χ1n) is 7.87. The summed E-state index contributed by atoms with van der Waals surface area (Å²) in [6, 6.07) is 10.4. The molecule has 2 amide bonds. The Morgan fingerprint density at radius 1 is 1.00 bits per heavy atom. The van der Waals surface area contributed by atoms with Gasteiger partial charge >= 0.3 is 0 Å². The molecule has 0 fully saturated rings. The fourth-order valence-corrected chi connectivity index (χ4v) is 2.90. The highest BCUT2D eigenvalue weighted by molar-refractivity contribution is 14.1. The molecule has 0 aliphatic heterocycles. The van der Waals surface area contributed by atoms with Gasteiger partial charge in [-0.05, 0) is 78.4 Å². The summed E-state index contributed by atoms with van der Waals surface area (Å²) in [6.07, 6.45) is 0. The lowest BCUT2D eigenvalue weighted by Crippen LogP contribution is -2.21. The molecular formula is C19H19IN2O4. The van der Waals surface area contributed by atoms with Crippen LogP contribution < -0.4 is 15.4 Å². The quantitative estimate of drug-likeness (QED) is 0.502. The maximum absolute atomic E-state index is 12.2. The van der Waals surface area contributed by atoms with E-state index >= 15 is 0 Å². The molecule has 2 aromatic rings. The van der Waals surface area contributed by atoms with Gasteiger partial charge in [-0.25, -0.2) is 0 Å². The van der Waals surface area contributed by atoms with Gasteiger partial charge in [-0.15, -0.1) is 0 Å². The van der Waals surface area contributed by atoms with Gasteiger partial charge in [0.15, 0.2) is 12.4 Å². The molecule has 0 radical (unpaired) electrons. The predicted molar refractivity (Wildman–Crippen MR) is 109 cm³/mol. The number of rotatable bonds is 6. The molecule has 0 aliphatic carbocycles. The molecule has 6 nitrogen and oxygen atoms in total. The maximum Gasteiger partial charge on any atom is 0.262 e. The monoisotopic (exact) mass is 466 g/mol. The Hall–Kier alpha value is -2.42. The average molecular weight is 466 g/mol. The van der Waals surface area contributed by atoms with Gasteiger partial charge in [0.1, 0.15) is 5.75 Å². The minimum atomic E-state index is -0.337. The van der Waals surface area contributed by atoms with Gasteiger partial charge in [-0.2, -0.15) is 0 Å². The first kappa shape index (κ1) is 19.9. The third-order valence-electron chi connectivity index (χ3n) is 3.52. The third-order valence-corrected chi connectivity index (χ3v) is 4.19. The molecule has 7 heteroatoms. The lowest BCUT2D eigenvalue weighted by molar-refractivity contribution is -0.118. The molecule has 0 spiro atoms. The number of carbonyl (C=O) groups excluding carboxylic acids is 3. The highest BCUT2D eigenvalue weighted by Gasteiger charge is 2.12. The standard InChI is InChI=1S/C19H19IN2O4/c1-11-8-15(20)5-7-16(11)22-19(25)10-26-18-9-14(12(2)23)4-6-17(18)21-13(3)24/h4-9H,10H2,1-3H3,(H,21,24)(H,22,25). The van der Waals surface area contributed by atoms with E-state index in [2.05, 4.69) is 33.2 Å². The largest absolute Gasteiger partial charge is 0.482 e. The van der Waals surface area contributed by atoms with E-state index in [1.807, 2.05) is 25.1 Å². The smallest absolute Gasteiger partial charge is 0.262 e. The lowest BCUT2D eigenvalue weighted by Gasteiger charge is -2.13. The molecule has 0 heterocycles. The molecule has 0 unspecified atom stereocenters. The van der Waals surface area contributed by atoms with Gasteiger partial charge in [-0.1, -0.05) is 0 Å². The van der Waals surface area contributed by atoms with E-state index in [1.165, 1.54) is 19.9 Å². The molecule has 2 aromatic carbocycles. The zero-order chi connectivity index (χ0) is 19.3. The van der Waals surface area contributed by atoms with E-state index in [4.69, 9.17) is 4.74 Å². The number of amides is 2. The zero-order valence-electron chi connectivity index (χ0n) is 14.7. The fraction of sp³-hybridized carbons (Fsp3) is 0.211. The van der Waals surface area contributed by atoms with Crippen LogP contribution in [0.3, 0.4) is 0 Å². The second-order valence-electron chi connectivity index (χ2n) is 5.74. The number of halogens is 1. The summed E-state index contributed by atoms with van der Waals surface area (Å²) < 4.78 is 6.63. The minimum absolute atomic E-state index is 0.136. The Bertz CT molecular complexity index is 865. The van der Waals surface area contributed by atoms with Crippen LogP contribution in [0.25, 0.3) is 0 Å². The minimum Gasteiger partial charge on any atom is -0.482 e. The van der Waals surface area contributed by atoms with Crippen LogP contribution in [0, 0.1) is 10.5 Å². The average Bonchev–Trinajstić information content (AvgIpc) is 2.56. The number of benzene rings is 2. The normalized spacial score (nSPS) is 10.2. The van der Waals surface area contributed by atoms with Crippen LogP contribution in [-0.4, -0.2) is 24.2 Å². The fourth-order valence-electron chi connectivity index (χ4n) is 2.25. The molecular weight excluding hydrogens is 447 g/mol. The molecule has 0 saturated carbocycles. The summed E-state index contributed by atoms with van der Waals surface area (Å²) >= 11 is 2.20. The summed E-state index contributed by atoms with van der Waals surface area (Å²) in [4.78, 5) is 35.1. The van der Waals surface area contributed by atoms with Gasteiger partial charge in [0.05, 0.1) is 5.69 Å². The number of aryl methyl sites for hydroxylation is 1. The van der Waals surface area contributed by atoms with E-state index in [0.717, 1.165) is 9.13 Å². The number of carbonyl (C=O) groups is 3. The van der Waals surface area contributed by atoms with E-state index in [9.17, 15) is 14.4 Å². The van der Waals surface area contributed by atoms with Crippen molar-refractivity contribution in [2.75, 3.05) is 17.2 Å². The van der Waals surface area contributed by atoms with Crippen LogP contribution in [0.5, 0.6) is 5.75 Å². The second-order valence-corrected chi connectivity index (χ2v) is 6.99. The Morgan fingerprint density at radius 3 is 2.31 bits per heavy atom. The van der Waals surface area contributed by atoms with E-state index in [0.29, 0.717) is 16.9 Å². The molecule has 0 aromatic heterocycles. The summed E-state index contributed by atoms with van der Waals surface area (Å²) in [5, 5.41) is 5.40. The molecule has 0 aliphatic rings. The van der Waals surface area contributed by atoms with Gasteiger partial charge in [0.25, 0.3) is 5.91 Å². The van der Waals surface area contributed by atoms with Crippen molar-refractivity contribution in [1.82, 2.24) is 0 Å². The van der Waals surface area contributed by atoms with E-state index in [-0.39, 0.29) is 30.0 Å². The lowest BCUT2D eigenvalue weighted by atomic mass is 10.1. The summed E-state index contributed by atoms with van der Waals surface area (Å²) in [7, 11) is 0. The molecule has 0 saturated heterocycles. The van der Waals surface area contributed by atoms with Crippen molar-refractivity contribution >= 4 is 51.6 Å². The van der Waals surface area contributed by atoms with Crippen molar-refractivity contribution in [3.63, 3.8) is 0 Å². The van der Waals surface area contributed by atoms with Crippen LogP contribution in [0.4, 0.5) is 11.4 Å². The molecule has 0 bridgehead atoms. The topological polar surface area (TPSA) is 84.5 Å². The number of ketones is 1. The van der Waals surface area contributed by atoms with Crippen molar-refractivity contribution in [3.05, 3.63) is 51.1 Å². The predicted octanol–water partition coefficient (Wildman–Crippen LogP) is 3.78. The number of nitrogens with one attached hydrogen (secondary N) is 2. The number of Topliss-reactive ketones (excluding diaryl/α,β-unsaturated/α-hetero) is 1. The van der Waals surface area contributed by atoms with Crippen molar-refractivity contribution in [3.8, 4) is 5.75 Å². The molecule has 2 N–H and O–H groups in total. The SMILES string of the molecule is CC(=O)Nc1ccc(C(C)=O)cc1OCC(=O)Nc1ccc(I)cc1C. The van der Waals surface area contributed by atoms with Crippen molar-refractivity contribution in [2.24, 2.45) is 0 Å². The first-order chi connectivity index (χ1) is 12.3. The number of anilines is 2. The zero-order valence-corrected chi connectivity index (χ0v) is 16.8. The maximum atomic E-state index is 12.2. The van der Waals surface area contributed by atoms with E-state index in [1.54, 1.807) is 12.1 Å². The first-order valence-corrected chi connectivity index (χ1v) is 8.95. The van der Waals surface area contributed by atoms with Gasteiger partial charge in [0, 0.05) is 21.7 Å². The Balaban J connectivity index is 2.11. The summed E-state index contributed by atoms with van der Waals surface area (Å²) in [5.74, 6) is -0.480. The number of ether oxygens (including phenoxy) is 1. The number of hydrogen-bond donors (Lipinski definition) is 2. The Kier molecular flexibility index (Phi) is 6.73. The second kappa shape index (κ2) is 8.79. The van der Waals surface area contributed by atoms with Crippen molar-refractivity contribution < 1.29 is 19.1 Å². The van der Waals surface area contributed by atoms with Gasteiger partial charge in [0.2, 0.25) is 5.91 Å². The van der Waals surface area contributed by atoms with Crippen LogP contribution in [0.15, 0.2) is 36.4 Å². The van der Waals surface area contributed by atoms with Crippen molar-refractivity contribution in [1.29, 1.82) is 0 Å². The summed E-state index contributed by atoms with van der Waals surface area (Å²) in [6.45, 7) is 4.46. The van der Waals surface area contributed by atoms with Gasteiger partial charge in [-0.3, -0.25) is 14.4 Å². The van der Waals surface area contributed by atoms with Crippen LogP contribution in [-0.2, 0) is 9.59 Å².